The van der Waals surface area contributed by atoms with Crippen molar-refractivity contribution in [2.24, 2.45) is 5.92 Å². The molecular weight excluding hydrogens is 404 g/mol. The highest BCUT2D eigenvalue weighted by Crippen LogP contribution is 2.38. The topological polar surface area (TPSA) is 26.3 Å². The van der Waals surface area contributed by atoms with Crippen LogP contribution in [0.5, 0.6) is 5.75 Å². The zero-order valence-corrected chi connectivity index (χ0v) is 21.0. The van der Waals surface area contributed by atoms with Crippen LogP contribution >= 0.6 is 0 Å². The molecule has 2 aromatic rings. The fraction of sp³-hybridized carbons (Fsp3) is 0.581. The molecule has 0 unspecified atom stereocenters. The van der Waals surface area contributed by atoms with Crippen LogP contribution in [0.2, 0.25) is 0 Å². The van der Waals surface area contributed by atoms with Gasteiger partial charge in [0.1, 0.15) is 5.75 Å². The first-order valence-electron chi connectivity index (χ1n) is 13.6. The molecule has 1 saturated carbocycles. The van der Waals surface area contributed by atoms with Crippen LogP contribution in [0, 0.1) is 5.92 Å². The molecule has 3 rings (SSSR count). The van der Waals surface area contributed by atoms with E-state index in [1.54, 1.807) is 0 Å². The zero-order valence-electron chi connectivity index (χ0n) is 21.0. The molecule has 0 bridgehead atoms. The van der Waals surface area contributed by atoms with Gasteiger partial charge in [0.2, 0.25) is 0 Å². The van der Waals surface area contributed by atoms with Gasteiger partial charge < -0.3 is 4.74 Å². The average molecular weight is 449 g/mol. The summed E-state index contributed by atoms with van der Waals surface area (Å²) in [6, 6.07) is 17.1. The number of esters is 1. The Morgan fingerprint density at radius 2 is 1.30 bits per heavy atom. The van der Waals surface area contributed by atoms with Gasteiger partial charge in [-0.05, 0) is 72.8 Å². The second-order valence-corrected chi connectivity index (χ2v) is 10.00. The highest BCUT2D eigenvalue weighted by atomic mass is 16.5. The molecule has 33 heavy (non-hydrogen) atoms. The summed E-state index contributed by atoms with van der Waals surface area (Å²) in [5.74, 6) is 2.20. The second-order valence-electron chi connectivity index (χ2n) is 10.00. The van der Waals surface area contributed by atoms with E-state index >= 15 is 0 Å². The van der Waals surface area contributed by atoms with Gasteiger partial charge in [-0.3, -0.25) is 4.79 Å². The molecule has 2 heteroatoms. The zero-order chi connectivity index (χ0) is 23.3. The van der Waals surface area contributed by atoms with Crippen LogP contribution in [0.4, 0.5) is 0 Å². The van der Waals surface area contributed by atoms with Crippen LogP contribution < -0.4 is 4.74 Å². The standard InChI is InChI=1S/C31H44O2/c1-3-5-7-9-11-25-13-15-26(16-14-25)27-17-19-28(20-18-27)29-21-23-30(24-22-29)33-31(32)12-10-8-6-4-2/h17-26H,3-16H2,1-2H3. The number of carbonyl (C=O) groups excluding carboxylic acids is 1. The van der Waals surface area contributed by atoms with Crippen molar-refractivity contribution in [2.75, 3.05) is 0 Å². The van der Waals surface area contributed by atoms with Crippen molar-refractivity contribution in [1.82, 2.24) is 0 Å². The Morgan fingerprint density at radius 1 is 0.727 bits per heavy atom. The summed E-state index contributed by atoms with van der Waals surface area (Å²) in [7, 11) is 0. The largest absolute Gasteiger partial charge is 0.427 e. The van der Waals surface area contributed by atoms with Crippen LogP contribution in [0.25, 0.3) is 11.1 Å². The number of benzene rings is 2. The molecule has 0 atom stereocenters. The molecule has 1 aliphatic rings. The maximum Gasteiger partial charge on any atom is 0.311 e. The monoisotopic (exact) mass is 448 g/mol. The first-order valence-corrected chi connectivity index (χ1v) is 13.6. The molecule has 1 aliphatic carbocycles. The molecule has 1 fully saturated rings. The van der Waals surface area contributed by atoms with Gasteiger partial charge in [-0.25, -0.2) is 0 Å². The van der Waals surface area contributed by atoms with Crippen molar-refractivity contribution in [3.63, 3.8) is 0 Å². The lowest BCUT2D eigenvalue weighted by molar-refractivity contribution is -0.134. The Labute approximate surface area is 202 Å². The van der Waals surface area contributed by atoms with Crippen LogP contribution in [0.15, 0.2) is 48.5 Å². The number of hydrogen-bond donors (Lipinski definition) is 0. The minimum atomic E-state index is -0.126. The van der Waals surface area contributed by atoms with E-state index in [4.69, 9.17) is 4.74 Å². The van der Waals surface area contributed by atoms with Crippen LogP contribution in [-0.2, 0) is 4.79 Å². The number of hydrogen-bond acceptors (Lipinski definition) is 2. The molecule has 0 N–H and O–H groups in total. The molecule has 2 aromatic carbocycles. The van der Waals surface area contributed by atoms with E-state index in [2.05, 4.69) is 50.2 Å². The molecule has 0 aromatic heterocycles. The number of carbonyl (C=O) groups is 1. The summed E-state index contributed by atoms with van der Waals surface area (Å²) < 4.78 is 5.49. The van der Waals surface area contributed by atoms with Crippen molar-refractivity contribution in [3.8, 4) is 16.9 Å². The molecule has 0 spiro atoms. The van der Waals surface area contributed by atoms with E-state index < -0.39 is 0 Å². The predicted molar refractivity (Wildman–Crippen MR) is 140 cm³/mol. The van der Waals surface area contributed by atoms with Gasteiger partial charge in [-0.2, -0.15) is 0 Å². The third-order valence-electron chi connectivity index (χ3n) is 7.35. The molecule has 0 amide bonds. The summed E-state index contributed by atoms with van der Waals surface area (Å²) in [6.45, 7) is 4.47. The first-order chi connectivity index (χ1) is 16.2. The van der Waals surface area contributed by atoms with E-state index in [1.807, 2.05) is 12.1 Å². The number of unbranched alkanes of at least 4 members (excludes halogenated alkanes) is 6. The fourth-order valence-electron chi connectivity index (χ4n) is 5.19. The minimum absolute atomic E-state index is 0.126. The van der Waals surface area contributed by atoms with Gasteiger partial charge in [-0.15, -0.1) is 0 Å². The van der Waals surface area contributed by atoms with Gasteiger partial charge in [0.25, 0.3) is 0 Å². The highest BCUT2D eigenvalue weighted by Gasteiger charge is 2.22. The minimum Gasteiger partial charge on any atom is -0.427 e. The third kappa shape index (κ3) is 8.65. The highest BCUT2D eigenvalue weighted by molar-refractivity contribution is 5.73. The fourth-order valence-corrected chi connectivity index (χ4v) is 5.19. The van der Waals surface area contributed by atoms with E-state index in [1.165, 1.54) is 87.3 Å². The molecule has 2 nitrogen and oxygen atoms in total. The summed E-state index contributed by atoms with van der Waals surface area (Å²) in [5.41, 5.74) is 3.89. The van der Waals surface area contributed by atoms with Crippen molar-refractivity contribution in [1.29, 1.82) is 0 Å². The Balaban J connectivity index is 1.45. The molecule has 180 valence electrons. The lowest BCUT2D eigenvalue weighted by Crippen LogP contribution is -2.13. The molecule has 0 saturated heterocycles. The van der Waals surface area contributed by atoms with Crippen LogP contribution in [-0.4, -0.2) is 5.97 Å². The summed E-state index contributed by atoms with van der Waals surface area (Å²) in [4.78, 5) is 12.0. The maximum absolute atomic E-state index is 12.0. The Kier molecular flexibility index (Phi) is 11.0. The summed E-state index contributed by atoms with van der Waals surface area (Å²) in [5, 5.41) is 0. The second kappa shape index (κ2) is 14.2. The van der Waals surface area contributed by atoms with Crippen molar-refractivity contribution in [3.05, 3.63) is 54.1 Å². The molecule has 0 aliphatic heterocycles. The summed E-state index contributed by atoms with van der Waals surface area (Å²) in [6.07, 6.45) is 17.4. The Bertz CT molecular complexity index is 798. The Hall–Kier alpha value is -2.09. The van der Waals surface area contributed by atoms with Gasteiger partial charge in [0.05, 0.1) is 0 Å². The van der Waals surface area contributed by atoms with Crippen molar-refractivity contribution < 1.29 is 9.53 Å². The number of rotatable bonds is 13. The van der Waals surface area contributed by atoms with Crippen molar-refractivity contribution in [2.45, 2.75) is 110 Å². The Morgan fingerprint density at radius 3 is 1.91 bits per heavy atom. The van der Waals surface area contributed by atoms with Gasteiger partial charge in [0.15, 0.2) is 0 Å². The van der Waals surface area contributed by atoms with Gasteiger partial charge >= 0.3 is 5.97 Å². The number of ether oxygens (including phenoxy) is 1. The van der Waals surface area contributed by atoms with E-state index in [9.17, 15) is 4.79 Å². The lowest BCUT2D eigenvalue weighted by atomic mass is 9.77. The van der Waals surface area contributed by atoms with Crippen LogP contribution in [0.3, 0.4) is 0 Å². The van der Waals surface area contributed by atoms with Gasteiger partial charge in [0, 0.05) is 6.42 Å². The smallest absolute Gasteiger partial charge is 0.311 e. The predicted octanol–water partition coefficient (Wildman–Crippen LogP) is 9.47. The lowest BCUT2D eigenvalue weighted by Gasteiger charge is -2.29. The normalized spacial score (nSPS) is 18.2. The summed E-state index contributed by atoms with van der Waals surface area (Å²) >= 11 is 0. The SMILES string of the molecule is CCCCCCC(=O)Oc1ccc(-c2ccc(C3CCC(CCCCCC)CC3)cc2)cc1. The molecule has 0 heterocycles. The van der Waals surface area contributed by atoms with E-state index in [0.717, 1.165) is 24.7 Å². The quantitative estimate of drug-likeness (QED) is 0.173. The third-order valence-corrected chi connectivity index (χ3v) is 7.35. The molecular formula is C31H44O2. The van der Waals surface area contributed by atoms with Crippen molar-refractivity contribution >= 4 is 5.97 Å². The van der Waals surface area contributed by atoms with E-state index in [0.29, 0.717) is 12.2 Å². The first kappa shape index (κ1) is 25.5. The van der Waals surface area contributed by atoms with Crippen LogP contribution in [0.1, 0.15) is 115 Å². The van der Waals surface area contributed by atoms with Gasteiger partial charge in [-0.1, -0.05) is 102 Å². The maximum atomic E-state index is 12.0. The van der Waals surface area contributed by atoms with E-state index in [-0.39, 0.29) is 5.97 Å². The average Bonchev–Trinajstić information content (AvgIpc) is 2.86. The molecule has 0 radical (unpaired) electrons.